The van der Waals surface area contributed by atoms with E-state index in [-0.39, 0.29) is 0 Å². The van der Waals surface area contributed by atoms with Crippen LogP contribution in [0.25, 0.3) is 16.5 Å². The Morgan fingerprint density at radius 3 is 2.83 bits per heavy atom. The van der Waals surface area contributed by atoms with Crippen molar-refractivity contribution in [2.24, 2.45) is 0 Å². The Bertz CT molecular complexity index is 598. The molecular formula is C13H14ClN3O. The molecular weight excluding hydrogens is 250 g/mol. The second kappa shape index (κ2) is 5.23. The van der Waals surface area contributed by atoms with Crippen molar-refractivity contribution in [3.8, 4) is 0 Å². The molecule has 0 aromatic carbocycles. The molecule has 0 aliphatic rings. The van der Waals surface area contributed by atoms with Crippen LogP contribution in [0.4, 0.5) is 5.82 Å². The van der Waals surface area contributed by atoms with Crippen LogP contribution in [0, 0.1) is 0 Å². The first-order valence-corrected chi connectivity index (χ1v) is 5.99. The summed E-state index contributed by atoms with van der Waals surface area (Å²) in [7, 11) is 1.81. The van der Waals surface area contributed by atoms with Gasteiger partial charge in [-0.2, -0.15) is 0 Å². The first-order valence-electron chi connectivity index (χ1n) is 5.61. The lowest BCUT2D eigenvalue weighted by Gasteiger charge is -2.12. The Labute approximate surface area is 111 Å². The third-order valence-electron chi connectivity index (χ3n) is 2.59. The summed E-state index contributed by atoms with van der Waals surface area (Å²) in [6.07, 6.45) is 3.42. The minimum atomic E-state index is 0.432. The van der Waals surface area contributed by atoms with Crippen LogP contribution in [0.2, 0.25) is 5.15 Å². The fourth-order valence-corrected chi connectivity index (χ4v) is 1.94. The number of halogens is 1. The molecule has 0 saturated carbocycles. The van der Waals surface area contributed by atoms with Gasteiger partial charge in [0.2, 0.25) is 0 Å². The zero-order chi connectivity index (χ0) is 13.1. The van der Waals surface area contributed by atoms with E-state index in [0.29, 0.717) is 17.5 Å². The number of fused-ring (bicyclic) bond motifs is 1. The van der Waals surface area contributed by atoms with Crippen molar-refractivity contribution < 1.29 is 4.74 Å². The van der Waals surface area contributed by atoms with E-state index in [1.807, 2.05) is 14.0 Å². The number of ether oxygens (including phenoxy) is 1. The average Bonchev–Trinajstić information content (AvgIpc) is 2.37. The molecule has 0 spiro atoms. The predicted molar refractivity (Wildman–Crippen MR) is 74.8 cm³/mol. The number of hydrogen-bond acceptors (Lipinski definition) is 4. The smallest absolute Gasteiger partial charge is 0.135 e. The molecule has 2 rings (SSSR count). The molecule has 0 amide bonds. The summed E-state index contributed by atoms with van der Waals surface area (Å²) in [5.74, 6) is 1.34. The molecule has 18 heavy (non-hydrogen) atoms. The summed E-state index contributed by atoms with van der Waals surface area (Å²) in [5.41, 5.74) is 0.829. The van der Waals surface area contributed by atoms with Gasteiger partial charge in [-0.15, -0.1) is 0 Å². The molecule has 94 valence electrons. The maximum absolute atomic E-state index is 5.95. The van der Waals surface area contributed by atoms with Gasteiger partial charge in [-0.1, -0.05) is 18.2 Å². The van der Waals surface area contributed by atoms with Crippen molar-refractivity contribution in [3.05, 3.63) is 35.8 Å². The third-order valence-corrected chi connectivity index (χ3v) is 2.80. The molecule has 5 heteroatoms. The number of nitrogens with one attached hydrogen (secondary N) is 1. The minimum absolute atomic E-state index is 0.432. The molecule has 0 aliphatic carbocycles. The molecule has 1 N–H and O–H groups in total. The van der Waals surface area contributed by atoms with Crippen LogP contribution in [-0.4, -0.2) is 23.6 Å². The summed E-state index contributed by atoms with van der Waals surface area (Å²) in [6.45, 7) is 6.38. The van der Waals surface area contributed by atoms with Crippen LogP contribution < -0.4 is 5.32 Å². The quantitative estimate of drug-likeness (QED) is 0.679. The van der Waals surface area contributed by atoms with Gasteiger partial charge in [-0.3, -0.25) is 0 Å². The normalized spacial score (nSPS) is 10.4. The molecule has 4 nitrogen and oxygen atoms in total. The van der Waals surface area contributed by atoms with E-state index in [9.17, 15) is 0 Å². The lowest BCUT2D eigenvalue weighted by molar-refractivity contribution is 0.299. The highest BCUT2D eigenvalue weighted by molar-refractivity contribution is 6.30. The second-order valence-corrected chi connectivity index (χ2v) is 4.07. The van der Waals surface area contributed by atoms with Crippen molar-refractivity contribution in [3.63, 3.8) is 0 Å². The van der Waals surface area contributed by atoms with E-state index in [0.717, 1.165) is 22.2 Å². The first kappa shape index (κ1) is 12.6. The Morgan fingerprint density at radius 2 is 2.17 bits per heavy atom. The molecule has 0 fully saturated rings. The second-order valence-electron chi connectivity index (χ2n) is 3.68. The van der Waals surface area contributed by atoms with Crippen LogP contribution in [0.15, 0.2) is 25.0 Å². The van der Waals surface area contributed by atoms with Gasteiger partial charge in [0.1, 0.15) is 16.7 Å². The van der Waals surface area contributed by atoms with E-state index in [1.165, 1.54) is 0 Å². The number of rotatable bonds is 4. The van der Waals surface area contributed by atoms with Crippen LogP contribution in [0.1, 0.15) is 12.5 Å². The molecule has 0 saturated heterocycles. The van der Waals surface area contributed by atoms with Crippen molar-refractivity contribution in [1.82, 2.24) is 9.97 Å². The summed E-state index contributed by atoms with van der Waals surface area (Å²) in [5, 5.41) is 5.27. The molecule has 0 atom stereocenters. The van der Waals surface area contributed by atoms with Gasteiger partial charge in [0.25, 0.3) is 0 Å². The van der Waals surface area contributed by atoms with Gasteiger partial charge in [-0.25, -0.2) is 9.97 Å². The van der Waals surface area contributed by atoms with Gasteiger partial charge in [0.05, 0.1) is 6.61 Å². The van der Waals surface area contributed by atoms with Crippen molar-refractivity contribution in [2.45, 2.75) is 6.92 Å². The van der Waals surface area contributed by atoms with E-state index in [2.05, 4.69) is 21.9 Å². The zero-order valence-corrected chi connectivity index (χ0v) is 11.1. The molecule has 0 unspecified atom stereocenters. The van der Waals surface area contributed by atoms with Crippen LogP contribution in [-0.2, 0) is 4.74 Å². The third kappa shape index (κ3) is 2.24. The van der Waals surface area contributed by atoms with Crippen molar-refractivity contribution in [2.75, 3.05) is 19.0 Å². The van der Waals surface area contributed by atoms with Crippen LogP contribution in [0.5, 0.6) is 0 Å². The molecule has 2 heterocycles. The summed E-state index contributed by atoms with van der Waals surface area (Å²) >= 11 is 5.95. The van der Waals surface area contributed by atoms with Crippen molar-refractivity contribution in [1.29, 1.82) is 0 Å². The number of hydrogen-bond donors (Lipinski definition) is 1. The summed E-state index contributed by atoms with van der Waals surface area (Å²) in [6, 6.07) is 1.79. The standard InChI is InChI=1S/C13H14ClN3O/c1-4-18-8(2)10-6-17-13(15-3)11-7-16-12(14)5-9(10)11/h5-7H,2,4H2,1,3H3,(H,15,17). The van der Waals surface area contributed by atoms with E-state index in [1.54, 1.807) is 18.5 Å². The average molecular weight is 264 g/mol. The zero-order valence-electron chi connectivity index (χ0n) is 10.3. The van der Waals surface area contributed by atoms with E-state index in [4.69, 9.17) is 16.3 Å². The monoisotopic (exact) mass is 263 g/mol. The van der Waals surface area contributed by atoms with Crippen LogP contribution in [0.3, 0.4) is 0 Å². The molecule has 0 bridgehead atoms. The number of pyridine rings is 2. The van der Waals surface area contributed by atoms with Gasteiger partial charge >= 0.3 is 0 Å². The fourth-order valence-electron chi connectivity index (χ4n) is 1.78. The number of aromatic nitrogens is 2. The first-order chi connectivity index (χ1) is 8.67. The topological polar surface area (TPSA) is 47.0 Å². The SMILES string of the molecule is C=C(OCC)c1cnc(NC)c2cnc(Cl)cc12. The summed E-state index contributed by atoms with van der Waals surface area (Å²) in [4.78, 5) is 8.40. The van der Waals surface area contributed by atoms with E-state index >= 15 is 0 Å². The molecule has 2 aromatic heterocycles. The maximum atomic E-state index is 5.95. The number of nitrogens with zero attached hydrogens (tertiary/aromatic N) is 2. The van der Waals surface area contributed by atoms with Gasteiger partial charge in [-0.05, 0) is 13.0 Å². The maximum Gasteiger partial charge on any atom is 0.135 e. The Morgan fingerprint density at radius 1 is 1.39 bits per heavy atom. The lowest BCUT2D eigenvalue weighted by atomic mass is 10.1. The van der Waals surface area contributed by atoms with Gasteiger partial charge in [0, 0.05) is 35.8 Å². The van der Waals surface area contributed by atoms with Gasteiger partial charge < -0.3 is 10.1 Å². The van der Waals surface area contributed by atoms with Crippen LogP contribution >= 0.6 is 11.6 Å². The highest BCUT2D eigenvalue weighted by atomic mass is 35.5. The largest absolute Gasteiger partial charge is 0.494 e. The predicted octanol–water partition coefficient (Wildman–Crippen LogP) is 3.33. The molecule has 0 aliphatic heterocycles. The highest BCUT2D eigenvalue weighted by Crippen LogP contribution is 2.29. The Kier molecular flexibility index (Phi) is 3.67. The lowest BCUT2D eigenvalue weighted by Crippen LogP contribution is -1.98. The number of anilines is 1. The van der Waals surface area contributed by atoms with Gasteiger partial charge in [0.15, 0.2) is 0 Å². The highest BCUT2D eigenvalue weighted by Gasteiger charge is 2.11. The van der Waals surface area contributed by atoms with Crippen molar-refractivity contribution >= 4 is 34.0 Å². The van der Waals surface area contributed by atoms with E-state index < -0.39 is 0 Å². The Balaban J connectivity index is 2.68. The Hall–Kier alpha value is -1.81. The minimum Gasteiger partial charge on any atom is -0.494 e. The molecule has 2 aromatic rings. The summed E-state index contributed by atoms with van der Waals surface area (Å²) < 4.78 is 5.43. The fraction of sp³-hybridized carbons (Fsp3) is 0.231. The molecule has 0 radical (unpaired) electrons.